The number of likely N-dealkylation sites (tertiary alicyclic amines) is 1. The summed E-state index contributed by atoms with van der Waals surface area (Å²) in [5, 5.41) is 8.39. The summed E-state index contributed by atoms with van der Waals surface area (Å²) in [5.41, 5.74) is 0.929. The summed E-state index contributed by atoms with van der Waals surface area (Å²) in [6.45, 7) is 4.47. The van der Waals surface area contributed by atoms with Crippen LogP contribution in [0.25, 0.3) is 0 Å². The van der Waals surface area contributed by atoms with E-state index in [1.165, 1.54) is 0 Å². The number of hydrogen-bond acceptors (Lipinski definition) is 5. The van der Waals surface area contributed by atoms with Crippen molar-refractivity contribution in [2.45, 2.75) is 57.6 Å². The Morgan fingerprint density at radius 2 is 2.08 bits per heavy atom. The molecule has 3 heterocycles. The summed E-state index contributed by atoms with van der Waals surface area (Å²) in [7, 11) is 2.07. The number of amides is 1. The van der Waals surface area contributed by atoms with Gasteiger partial charge in [0, 0.05) is 39.2 Å². The van der Waals surface area contributed by atoms with Crippen LogP contribution in [0.15, 0.2) is 12.1 Å². The first-order valence-corrected chi connectivity index (χ1v) is 9.06. The Kier molecular flexibility index (Phi) is 5.66. The highest BCUT2D eigenvalue weighted by Crippen LogP contribution is 2.22. The second kappa shape index (κ2) is 7.92. The fourth-order valence-electron chi connectivity index (χ4n) is 3.58. The molecular weight excluding hydrogens is 304 g/mol. The monoisotopic (exact) mass is 332 g/mol. The molecule has 3 rings (SSSR count). The van der Waals surface area contributed by atoms with Gasteiger partial charge in [0.15, 0.2) is 5.82 Å². The van der Waals surface area contributed by atoms with Crippen LogP contribution in [-0.4, -0.2) is 59.9 Å². The van der Waals surface area contributed by atoms with Gasteiger partial charge >= 0.3 is 0 Å². The first-order chi connectivity index (χ1) is 11.6. The van der Waals surface area contributed by atoms with E-state index in [1.807, 2.05) is 24.0 Å². The topological polar surface area (TPSA) is 58.6 Å². The maximum Gasteiger partial charge on any atom is 0.222 e. The zero-order chi connectivity index (χ0) is 16.9. The highest BCUT2D eigenvalue weighted by Gasteiger charge is 2.26. The smallest absolute Gasteiger partial charge is 0.222 e. The van der Waals surface area contributed by atoms with Crippen LogP contribution in [0.5, 0.6) is 0 Å². The molecule has 1 aromatic heterocycles. The van der Waals surface area contributed by atoms with Gasteiger partial charge in [0.1, 0.15) is 0 Å². The lowest BCUT2D eigenvalue weighted by atomic mass is 10.0. The molecule has 0 bridgehead atoms. The molecule has 0 unspecified atom stereocenters. The third kappa shape index (κ3) is 4.23. The molecule has 0 radical (unpaired) electrons. The number of rotatable bonds is 5. The Morgan fingerprint density at radius 3 is 2.71 bits per heavy atom. The highest BCUT2D eigenvalue weighted by atomic mass is 16.5. The van der Waals surface area contributed by atoms with Crippen molar-refractivity contribution in [2.24, 2.45) is 0 Å². The van der Waals surface area contributed by atoms with E-state index >= 15 is 0 Å². The van der Waals surface area contributed by atoms with Crippen LogP contribution in [0.1, 0.15) is 44.2 Å². The summed E-state index contributed by atoms with van der Waals surface area (Å²) >= 11 is 0. The van der Waals surface area contributed by atoms with E-state index in [-0.39, 0.29) is 5.91 Å². The van der Waals surface area contributed by atoms with E-state index < -0.39 is 0 Å². The predicted octanol–water partition coefficient (Wildman–Crippen LogP) is 2.17. The minimum absolute atomic E-state index is 0.279. The van der Waals surface area contributed by atoms with E-state index in [0.717, 1.165) is 63.3 Å². The lowest BCUT2D eigenvalue weighted by Gasteiger charge is -2.37. The van der Waals surface area contributed by atoms with E-state index in [1.54, 1.807) is 0 Å². The quantitative estimate of drug-likeness (QED) is 0.827. The van der Waals surface area contributed by atoms with Crippen LogP contribution in [0, 0.1) is 6.92 Å². The molecule has 0 N–H and O–H groups in total. The number of piperidine rings is 1. The number of anilines is 1. The Labute approximate surface area is 144 Å². The molecule has 1 atom stereocenters. The molecule has 2 aliphatic rings. The lowest BCUT2D eigenvalue weighted by Crippen LogP contribution is -2.46. The van der Waals surface area contributed by atoms with E-state index in [4.69, 9.17) is 4.74 Å². The number of aromatic nitrogens is 2. The van der Waals surface area contributed by atoms with Crippen molar-refractivity contribution in [3.8, 4) is 0 Å². The van der Waals surface area contributed by atoms with Crippen LogP contribution in [0.3, 0.4) is 0 Å². The Morgan fingerprint density at radius 1 is 1.29 bits per heavy atom. The number of ether oxygens (including phenoxy) is 1. The lowest BCUT2D eigenvalue weighted by molar-refractivity contribution is -0.132. The van der Waals surface area contributed by atoms with Crippen LogP contribution >= 0.6 is 0 Å². The Balaban J connectivity index is 1.44. The fraction of sp³-hybridized carbons (Fsp3) is 0.722. The van der Waals surface area contributed by atoms with Gasteiger partial charge in [0.25, 0.3) is 0 Å². The minimum Gasteiger partial charge on any atom is -0.378 e. The Bertz CT molecular complexity index is 534. The molecule has 0 spiro atoms. The van der Waals surface area contributed by atoms with Gasteiger partial charge in [-0.25, -0.2) is 0 Å². The molecule has 6 heteroatoms. The number of hydrogen-bond donors (Lipinski definition) is 0. The van der Waals surface area contributed by atoms with Gasteiger partial charge in [-0.05, 0) is 51.2 Å². The maximum atomic E-state index is 12.4. The number of carbonyl (C=O) groups is 1. The normalized spacial score (nSPS) is 21.9. The maximum absolute atomic E-state index is 12.4. The molecule has 0 aromatic carbocycles. The summed E-state index contributed by atoms with van der Waals surface area (Å²) < 4.78 is 5.61. The predicted molar refractivity (Wildman–Crippen MR) is 93.0 cm³/mol. The van der Waals surface area contributed by atoms with Crippen molar-refractivity contribution in [3.63, 3.8) is 0 Å². The van der Waals surface area contributed by atoms with Gasteiger partial charge in [-0.2, -0.15) is 5.10 Å². The van der Waals surface area contributed by atoms with Gasteiger partial charge in [-0.3, -0.25) is 4.79 Å². The summed E-state index contributed by atoms with van der Waals surface area (Å²) in [4.78, 5) is 16.6. The first kappa shape index (κ1) is 17.1. The van der Waals surface area contributed by atoms with Crippen molar-refractivity contribution in [1.29, 1.82) is 0 Å². The molecule has 1 amide bonds. The van der Waals surface area contributed by atoms with E-state index in [2.05, 4.69) is 22.1 Å². The van der Waals surface area contributed by atoms with Crippen LogP contribution in [0.2, 0.25) is 0 Å². The SMILES string of the molecule is Cc1ccc(N(C)C2CCN(C(=O)CC[C@@H]3CCCO3)CC2)nn1. The van der Waals surface area contributed by atoms with Gasteiger partial charge in [-0.15, -0.1) is 5.10 Å². The minimum atomic E-state index is 0.279. The molecule has 2 aliphatic heterocycles. The third-order valence-corrected chi connectivity index (χ3v) is 5.21. The van der Waals surface area contributed by atoms with E-state index in [9.17, 15) is 4.79 Å². The molecule has 1 aromatic rings. The molecule has 6 nitrogen and oxygen atoms in total. The number of nitrogens with zero attached hydrogens (tertiary/aromatic N) is 4. The van der Waals surface area contributed by atoms with Gasteiger partial charge in [0.2, 0.25) is 5.91 Å². The second-order valence-electron chi connectivity index (χ2n) is 6.93. The summed E-state index contributed by atoms with van der Waals surface area (Å²) in [5.74, 6) is 1.19. The van der Waals surface area contributed by atoms with Crippen molar-refractivity contribution < 1.29 is 9.53 Å². The van der Waals surface area contributed by atoms with Gasteiger partial charge in [-0.1, -0.05) is 0 Å². The first-order valence-electron chi connectivity index (χ1n) is 9.06. The van der Waals surface area contributed by atoms with Crippen molar-refractivity contribution in [1.82, 2.24) is 15.1 Å². The summed E-state index contributed by atoms with van der Waals surface area (Å²) in [6, 6.07) is 4.42. The Hall–Kier alpha value is -1.69. The average molecular weight is 332 g/mol. The van der Waals surface area contributed by atoms with Crippen molar-refractivity contribution in [2.75, 3.05) is 31.6 Å². The molecule has 2 saturated heterocycles. The van der Waals surface area contributed by atoms with Gasteiger partial charge in [0.05, 0.1) is 11.8 Å². The van der Waals surface area contributed by atoms with Gasteiger partial charge < -0.3 is 14.5 Å². The molecule has 132 valence electrons. The largest absolute Gasteiger partial charge is 0.378 e. The van der Waals surface area contributed by atoms with Crippen LogP contribution in [-0.2, 0) is 9.53 Å². The fourth-order valence-corrected chi connectivity index (χ4v) is 3.58. The zero-order valence-corrected chi connectivity index (χ0v) is 14.8. The number of aryl methyl sites for hydroxylation is 1. The van der Waals surface area contributed by atoms with Crippen molar-refractivity contribution in [3.05, 3.63) is 17.8 Å². The van der Waals surface area contributed by atoms with Crippen LogP contribution < -0.4 is 4.90 Å². The average Bonchev–Trinajstić information content (AvgIpc) is 3.13. The molecule has 24 heavy (non-hydrogen) atoms. The second-order valence-corrected chi connectivity index (χ2v) is 6.93. The summed E-state index contributed by atoms with van der Waals surface area (Å²) in [6.07, 6.45) is 6.01. The van der Waals surface area contributed by atoms with E-state index in [0.29, 0.717) is 18.6 Å². The third-order valence-electron chi connectivity index (χ3n) is 5.21. The number of carbonyl (C=O) groups excluding carboxylic acids is 1. The molecule has 2 fully saturated rings. The molecular formula is C18H28N4O2. The van der Waals surface area contributed by atoms with Crippen LogP contribution in [0.4, 0.5) is 5.82 Å². The molecule has 0 aliphatic carbocycles. The zero-order valence-electron chi connectivity index (χ0n) is 14.8. The standard InChI is InChI=1S/C18H28N4O2/c1-14-5-7-17(20-19-14)21(2)15-9-11-22(12-10-15)18(23)8-6-16-4-3-13-24-16/h5,7,15-16H,3-4,6,8-13H2,1-2H3/t16-/m0/s1. The highest BCUT2D eigenvalue weighted by molar-refractivity contribution is 5.76. The van der Waals surface area contributed by atoms with Crippen molar-refractivity contribution >= 4 is 11.7 Å². The molecule has 0 saturated carbocycles.